The Labute approximate surface area is 204 Å². The molecule has 0 bridgehead atoms. The van der Waals surface area contributed by atoms with E-state index in [0.717, 1.165) is 30.8 Å². The minimum absolute atomic E-state index is 0.0227. The van der Waals surface area contributed by atoms with E-state index in [1.165, 1.54) is 7.05 Å². The highest BCUT2D eigenvalue weighted by Gasteiger charge is 2.31. The minimum atomic E-state index is -1.69. The van der Waals surface area contributed by atoms with Crippen molar-refractivity contribution in [3.8, 4) is 11.8 Å². The normalized spacial score (nSPS) is 16.9. The van der Waals surface area contributed by atoms with E-state index in [9.17, 15) is 24.9 Å². The van der Waals surface area contributed by atoms with Crippen LogP contribution in [0.5, 0.6) is 0 Å². The molecule has 8 N–H and O–H groups in total. The van der Waals surface area contributed by atoms with Crippen molar-refractivity contribution in [1.82, 2.24) is 20.2 Å². The third-order valence-electron chi connectivity index (χ3n) is 5.76. The molecule has 0 radical (unpaired) electrons. The number of hydrogen-bond acceptors (Lipinski definition) is 12. The lowest BCUT2D eigenvalue weighted by molar-refractivity contribution is -0.130. The van der Waals surface area contributed by atoms with Crippen LogP contribution in [-0.4, -0.2) is 101 Å². The molecule has 1 saturated heterocycles. The number of nitrogens with zero attached hydrogens (tertiary/aromatic N) is 4. The van der Waals surface area contributed by atoms with Gasteiger partial charge in [0.1, 0.15) is 11.8 Å². The zero-order chi connectivity index (χ0) is 26.0. The summed E-state index contributed by atoms with van der Waals surface area (Å²) in [7, 11) is 1.40. The van der Waals surface area contributed by atoms with Gasteiger partial charge in [0.05, 0.1) is 25.7 Å². The Morgan fingerprint density at radius 1 is 1.31 bits per heavy atom. The van der Waals surface area contributed by atoms with Gasteiger partial charge in [-0.15, -0.1) is 0 Å². The number of ether oxygens (including phenoxy) is 1. The molecule has 1 aliphatic rings. The zero-order valence-electron chi connectivity index (χ0n) is 20.1. The number of carbonyl (C=O) groups excluding carboxylic acids is 2. The minimum Gasteiger partial charge on any atom is -0.468 e. The first-order chi connectivity index (χ1) is 16.7. The summed E-state index contributed by atoms with van der Waals surface area (Å²) < 4.78 is 4.83. The van der Waals surface area contributed by atoms with Gasteiger partial charge >= 0.3 is 0 Å². The van der Waals surface area contributed by atoms with Crippen LogP contribution in [0.2, 0.25) is 0 Å². The summed E-state index contributed by atoms with van der Waals surface area (Å²) in [6.45, 7) is 5.12. The summed E-state index contributed by atoms with van der Waals surface area (Å²) in [5.74, 6) is 5.78. The van der Waals surface area contributed by atoms with Crippen molar-refractivity contribution in [2.75, 3.05) is 56.2 Å². The number of nitrogen functional groups attached to an aromatic ring is 2. The number of likely N-dealkylation sites (N-methyl/N-ethyl adjacent to an activating group) is 1. The van der Waals surface area contributed by atoms with E-state index in [-0.39, 0.29) is 29.6 Å². The summed E-state index contributed by atoms with van der Waals surface area (Å²) in [5, 5.41) is 33.5. The van der Waals surface area contributed by atoms with Gasteiger partial charge in [-0.05, 0) is 44.7 Å². The standard InChI is InChI=1S/C22H35N7O6/c1-3-25-17(32)11-15(31)19(33)22(34)28(2)21-18(23)20(24)26-16(27-21)5-4-8-29-9-6-14(7-10-29)12-35-13-30/h13-15,19,22,31,33-34H,3,6-12,23H2,1-2H3,(H,25,32)(H2,24,26,27). The Bertz CT molecular complexity index is 914. The fourth-order valence-electron chi connectivity index (χ4n) is 3.65. The average molecular weight is 494 g/mol. The van der Waals surface area contributed by atoms with Crippen molar-refractivity contribution in [2.24, 2.45) is 5.92 Å². The first-order valence-corrected chi connectivity index (χ1v) is 11.4. The van der Waals surface area contributed by atoms with Crippen molar-refractivity contribution < 1.29 is 29.6 Å². The molecule has 13 heteroatoms. The second-order valence-electron chi connectivity index (χ2n) is 8.36. The van der Waals surface area contributed by atoms with E-state index in [2.05, 4.69) is 32.0 Å². The smallest absolute Gasteiger partial charge is 0.293 e. The predicted molar refractivity (Wildman–Crippen MR) is 129 cm³/mol. The highest BCUT2D eigenvalue weighted by atomic mass is 16.5. The quantitative estimate of drug-likeness (QED) is 0.111. The van der Waals surface area contributed by atoms with Crippen molar-refractivity contribution in [2.45, 2.75) is 44.6 Å². The van der Waals surface area contributed by atoms with Crippen LogP contribution in [0.15, 0.2) is 0 Å². The van der Waals surface area contributed by atoms with Crippen LogP contribution in [0.4, 0.5) is 17.3 Å². The maximum Gasteiger partial charge on any atom is 0.293 e. The Hall–Kier alpha value is -3.18. The Morgan fingerprint density at radius 2 is 2.00 bits per heavy atom. The summed E-state index contributed by atoms with van der Waals surface area (Å²) in [6, 6.07) is 0. The third-order valence-corrected chi connectivity index (χ3v) is 5.76. The van der Waals surface area contributed by atoms with Crippen LogP contribution in [0.3, 0.4) is 0 Å². The number of likely N-dealkylation sites (tertiary alicyclic amines) is 1. The number of nitrogens with two attached hydrogens (primary N) is 2. The summed E-state index contributed by atoms with van der Waals surface area (Å²) in [6.07, 6.45) is -3.43. The first-order valence-electron chi connectivity index (χ1n) is 11.4. The van der Waals surface area contributed by atoms with Gasteiger partial charge in [0.2, 0.25) is 11.7 Å². The SMILES string of the molecule is CCNC(=O)CC(O)C(O)C(O)N(C)c1nc(C#CCN2CCC(COC=O)CC2)nc(N)c1N. The highest BCUT2D eigenvalue weighted by molar-refractivity contribution is 5.76. The molecule has 1 aromatic rings. The Balaban J connectivity index is 2.03. The zero-order valence-corrected chi connectivity index (χ0v) is 20.1. The fourth-order valence-corrected chi connectivity index (χ4v) is 3.65. The molecule has 13 nitrogen and oxygen atoms in total. The molecule has 2 heterocycles. The second kappa shape index (κ2) is 13.6. The van der Waals surface area contributed by atoms with Gasteiger partial charge in [0.15, 0.2) is 17.9 Å². The molecule has 1 amide bonds. The van der Waals surface area contributed by atoms with Gasteiger partial charge in [0.25, 0.3) is 6.47 Å². The monoisotopic (exact) mass is 493 g/mol. The lowest BCUT2D eigenvalue weighted by Crippen LogP contribution is -2.49. The van der Waals surface area contributed by atoms with E-state index in [4.69, 9.17) is 16.2 Å². The van der Waals surface area contributed by atoms with E-state index < -0.39 is 24.3 Å². The van der Waals surface area contributed by atoms with Gasteiger partial charge in [-0.1, -0.05) is 5.92 Å². The molecular formula is C22H35N7O6. The number of aliphatic hydroxyl groups is 3. The number of hydrogen-bond donors (Lipinski definition) is 6. The molecule has 0 spiro atoms. The van der Waals surface area contributed by atoms with Gasteiger partial charge < -0.3 is 41.7 Å². The summed E-state index contributed by atoms with van der Waals surface area (Å²) >= 11 is 0. The topological polar surface area (TPSA) is 200 Å². The summed E-state index contributed by atoms with van der Waals surface area (Å²) in [4.78, 5) is 33.6. The first kappa shape index (κ1) is 28.1. The average Bonchev–Trinajstić information content (AvgIpc) is 2.84. The van der Waals surface area contributed by atoms with Crippen molar-refractivity contribution in [1.29, 1.82) is 0 Å². The van der Waals surface area contributed by atoms with E-state index in [1.54, 1.807) is 6.92 Å². The van der Waals surface area contributed by atoms with Crippen molar-refractivity contribution in [3.05, 3.63) is 5.82 Å². The summed E-state index contributed by atoms with van der Waals surface area (Å²) in [5.41, 5.74) is 11.9. The molecule has 1 aromatic heterocycles. The number of aromatic nitrogens is 2. The molecule has 194 valence electrons. The number of aliphatic hydroxyl groups excluding tert-OH is 3. The third kappa shape index (κ3) is 8.22. The Kier molecular flexibility index (Phi) is 10.9. The molecular weight excluding hydrogens is 458 g/mol. The molecule has 0 aliphatic carbocycles. The number of anilines is 3. The van der Waals surface area contributed by atoms with E-state index in [0.29, 0.717) is 32.1 Å². The molecule has 2 rings (SSSR count). The number of nitrogens with one attached hydrogen (secondary N) is 1. The maximum absolute atomic E-state index is 11.7. The van der Waals surface area contributed by atoms with Crippen LogP contribution in [0, 0.1) is 17.8 Å². The number of rotatable bonds is 11. The van der Waals surface area contributed by atoms with Gasteiger partial charge in [0, 0.05) is 13.6 Å². The van der Waals surface area contributed by atoms with E-state index >= 15 is 0 Å². The largest absolute Gasteiger partial charge is 0.468 e. The van der Waals surface area contributed by atoms with Crippen molar-refractivity contribution >= 4 is 29.7 Å². The molecule has 0 saturated carbocycles. The van der Waals surface area contributed by atoms with Crippen molar-refractivity contribution in [3.63, 3.8) is 0 Å². The number of amides is 1. The van der Waals surface area contributed by atoms with Crippen LogP contribution >= 0.6 is 0 Å². The molecule has 3 atom stereocenters. The molecule has 1 aliphatic heterocycles. The molecule has 0 aromatic carbocycles. The van der Waals surface area contributed by atoms with Crippen LogP contribution in [0.1, 0.15) is 32.0 Å². The van der Waals surface area contributed by atoms with E-state index in [1.807, 2.05) is 0 Å². The van der Waals surface area contributed by atoms with Gasteiger partial charge in [-0.25, -0.2) is 9.97 Å². The van der Waals surface area contributed by atoms with Gasteiger partial charge in [-0.2, -0.15) is 0 Å². The number of carbonyl (C=O) groups is 2. The maximum atomic E-state index is 11.7. The predicted octanol–water partition coefficient (Wildman–Crippen LogP) is -2.12. The highest BCUT2D eigenvalue weighted by Crippen LogP contribution is 2.26. The number of piperidine rings is 1. The van der Waals surface area contributed by atoms with Gasteiger partial charge in [-0.3, -0.25) is 14.5 Å². The molecule has 1 fully saturated rings. The fraction of sp³-hybridized carbons (Fsp3) is 0.636. The molecule has 35 heavy (non-hydrogen) atoms. The lowest BCUT2D eigenvalue weighted by atomic mass is 9.98. The van der Waals surface area contributed by atoms with Crippen LogP contribution in [0.25, 0.3) is 0 Å². The molecule has 3 unspecified atom stereocenters. The van der Waals surface area contributed by atoms with Crippen LogP contribution in [-0.2, 0) is 14.3 Å². The van der Waals surface area contributed by atoms with Crippen LogP contribution < -0.4 is 21.7 Å². The Morgan fingerprint density at radius 3 is 2.63 bits per heavy atom. The lowest BCUT2D eigenvalue weighted by Gasteiger charge is -2.31. The second-order valence-corrected chi connectivity index (χ2v) is 8.36.